The van der Waals surface area contributed by atoms with E-state index in [9.17, 15) is 4.79 Å². The van der Waals surface area contributed by atoms with Crippen molar-refractivity contribution in [1.82, 2.24) is 0 Å². The molecule has 5 heteroatoms. The van der Waals surface area contributed by atoms with Gasteiger partial charge in [-0.25, -0.2) is 4.99 Å². The van der Waals surface area contributed by atoms with Crippen LogP contribution in [-0.2, 0) is 4.74 Å². The second kappa shape index (κ2) is 7.43. The third-order valence-electron chi connectivity index (χ3n) is 2.95. The van der Waals surface area contributed by atoms with E-state index in [0.717, 1.165) is 0 Å². The molecule has 0 spiro atoms. The highest BCUT2D eigenvalue weighted by atomic mass is 35.5. The maximum atomic E-state index is 12.7. The Labute approximate surface area is 139 Å². The van der Waals surface area contributed by atoms with E-state index >= 15 is 0 Å². The molecule has 0 unspecified atom stereocenters. The highest BCUT2D eigenvalue weighted by Gasteiger charge is 2.17. The Hall–Kier alpha value is -1.84. The number of nitrogens with zero attached hydrogens (tertiary/aromatic N) is 1. The van der Waals surface area contributed by atoms with Gasteiger partial charge in [-0.2, -0.15) is 0 Å². The van der Waals surface area contributed by atoms with Crippen LogP contribution in [-0.4, -0.2) is 18.3 Å². The minimum Gasteiger partial charge on any atom is -0.481 e. The van der Waals surface area contributed by atoms with Crippen molar-refractivity contribution in [2.24, 2.45) is 4.99 Å². The minimum absolute atomic E-state index is 0.226. The Morgan fingerprint density at radius 2 is 1.86 bits per heavy atom. The van der Waals surface area contributed by atoms with Gasteiger partial charge >= 0.3 is 0 Å². The van der Waals surface area contributed by atoms with Crippen LogP contribution in [0.2, 0.25) is 10.0 Å². The highest BCUT2D eigenvalue weighted by molar-refractivity contribution is 6.35. The first-order chi connectivity index (χ1) is 10.5. The lowest BCUT2D eigenvalue weighted by Crippen LogP contribution is -2.04. The summed E-state index contributed by atoms with van der Waals surface area (Å²) in [5.74, 6) is 0.258. The molecule has 0 heterocycles. The van der Waals surface area contributed by atoms with Crippen molar-refractivity contribution in [1.29, 1.82) is 0 Å². The molecule has 0 radical (unpaired) electrons. The van der Waals surface area contributed by atoms with E-state index in [1.807, 2.05) is 6.92 Å². The average molecular weight is 336 g/mol. The molecule has 0 aliphatic rings. The van der Waals surface area contributed by atoms with Crippen LogP contribution in [0.5, 0.6) is 0 Å². The Kier molecular flexibility index (Phi) is 5.58. The lowest BCUT2D eigenvalue weighted by Gasteiger charge is -2.08. The summed E-state index contributed by atoms with van der Waals surface area (Å²) in [4.78, 5) is 17.1. The normalized spacial score (nSPS) is 11.4. The molecule has 0 saturated heterocycles. The van der Waals surface area contributed by atoms with Crippen LogP contribution in [0, 0.1) is 0 Å². The zero-order chi connectivity index (χ0) is 16.1. The van der Waals surface area contributed by atoms with Crippen LogP contribution in [0.25, 0.3) is 0 Å². The predicted molar refractivity (Wildman–Crippen MR) is 90.7 cm³/mol. The molecule has 114 valence electrons. The third-order valence-corrected chi connectivity index (χ3v) is 3.52. The fraction of sp³-hybridized carbons (Fsp3) is 0.176. The first kappa shape index (κ1) is 16.5. The fourth-order valence-corrected chi connectivity index (χ4v) is 2.38. The number of ether oxygens (including phenoxy) is 1. The van der Waals surface area contributed by atoms with Gasteiger partial charge in [0.25, 0.3) is 0 Å². The van der Waals surface area contributed by atoms with Gasteiger partial charge in [-0.05, 0) is 37.3 Å². The molecule has 3 nitrogen and oxygen atoms in total. The molecule has 0 fully saturated rings. The molecule has 2 aromatic rings. The van der Waals surface area contributed by atoms with Crippen molar-refractivity contribution in [3.05, 3.63) is 63.6 Å². The molecule has 0 saturated carbocycles. The topological polar surface area (TPSA) is 38.7 Å². The van der Waals surface area contributed by atoms with Gasteiger partial charge in [-0.15, -0.1) is 0 Å². The quantitative estimate of drug-likeness (QED) is 0.431. The van der Waals surface area contributed by atoms with Gasteiger partial charge in [0.2, 0.25) is 0 Å². The summed E-state index contributed by atoms with van der Waals surface area (Å²) in [5.41, 5.74) is 1.30. The first-order valence-corrected chi connectivity index (χ1v) is 7.55. The van der Waals surface area contributed by atoms with Gasteiger partial charge in [0, 0.05) is 23.1 Å². The van der Waals surface area contributed by atoms with Crippen LogP contribution >= 0.6 is 23.2 Å². The van der Waals surface area contributed by atoms with Crippen molar-refractivity contribution < 1.29 is 9.53 Å². The minimum atomic E-state index is -0.226. The molecular formula is C17H15Cl2NO2. The van der Waals surface area contributed by atoms with Crippen LogP contribution in [0.3, 0.4) is 0 Å². The first-order valence-electron chi connectivity index (χ1n) is 6.79. The zero-order valence-electron chi connectivity index (χ0n) is 12.3. The number of carbonyl (C=O) groups excluding carboxylic acids is 1. The van der Waals surface area contributed by atoms with Crippen LogP contribution in [0.4, 0.5) is 5.69 Å². The Morgan fingerprint density at radius 1 is 1.14 bits per heavy atom. The van der Waals surface area contributed by atoms with Crippen molar-refractivity contribution in [3.8, 4) is 0 Å². The molecule has 0 aromatic heterocycles. The number of carbonyl (C=O) groups is 1. The van der Waals surface area contributed by atoms with E-state index in [4.69, 9.17) is 27.9 Å². The Balaban J connectivity index is 2.50. The number of ketones is 1. The van der Waals surface area contributed by atoms with Crippen LogP contribution in [0.15, 0.2) is 47.5 Å². The molecule has 22 heavy (non-hydrogen) atoms. The van der Waals surface area contributed by atoms with E-state index in [2.05, 4.69) is 4.99 Å². The number of halogens is 2. The lowest BCUT2D eigenvalue weighted by molar-refractivity contribution is 0.103. The molecular weight excluding hydrogens is 321 g/mol. The van der Waals surface area contributed by atoms with Crippen LogP contribution < -0.4 is 0 Å². The fourth-order valence-electron chi connectivity index (χ4n) is 1.99. The standard InChI is InChI=1S/C17H15Cl2NO2/c1-3-22-11(2)20-16-9-8-12(18)10-14(16)17(21)13-6-4-5-7-15(13)19/h4-10H,3H2,1-2H3. The van der Waals surface area contributed by atoms with Crippen molar-refractivity contribution in [2.75, 3.05) is 6.61 Å². The van der Waals surface area contributed by atoms with Crippen molar-refractivity contribution in [3.63, 3.8) is 0 Å². The second-order valence-electron chi connectivity index (χ2n) is 4.53. The molecule has 0 aliphatic heterocycles. The average Bonchev–Trinajstić information content (AvgIpc) is 2.49. The van der Waals surface area contributed by atoms with Gasteiger partial charge < -0.3 is 4.74 Å². The molecule has 0 aliphatic carbocycles. The number of benzene rings is 2. The molecule has 2 rings (SSSR count). The number of hydrogen-bond donors (Lipinski definition) is 0. The Morgan fingerprint density at radius 3 is 2.55 bits per heavy atom. The number of hydrogen-bond acceptors (Lipinski definition) is 3. The molecule has 0 N–H and O–H groups in total. The molecule has 0 atom stereocenters. The summed E-state index contributed by atoms with van der Waals surface area (Å²) < 4.78 is 5.32. The SMILES string of the molecule is CCOC(C)=Nc1ccc(Cl)cc1C(=O)c1ccccc1Cl. The third kappa shape index (κ3) is 3.87. The maximum Gasteiger partial charge on any atom is 0.196 e. The zero-order valence-corrected chi connectivity index (χ0v) is 13.8. The van der Waals surface area contributed by atoms with E-state index in [1.165, 1.54) is 0 Å². The highest BCUT2D eigenvalue weighted by Crippen LogP contribution is 2.28. The van der Waals surface area contributed by atoms with Gasteiger partial charge in [0.15, 0.2) is 11.7 Å². The van der Waals surface area contributed by atoms with Gasteiger partial charge in [-0.1, -0.05) is 35.3 Å². The number of rotatable bonds is 4. The molecule has 0 bridgehead atoms. The maximum absolute atomic E-state index is 12.7. The van der Waals surface area contributed by atoms with Gasteiger partial charge in [0.1, 0.15) is 0 Å². The van der Waals surface area contributed by atoms with Gasteiger partial charge in [-0.3, -0.25) is 4.79 Å². The van der Waals surface area contributed by atoms with E-state index in [1.54, 1.807) is 49.4 Å². The lowest BCUT2D eigenvalue weighted by atomic mass is 10.0. The monoisotopic (exact) mass is 335 g/mol. The second-order valence-corrected chi connectivity index (χ2v) is 5.38. The van der Waals surface area contributed by atoms with E-state index in [-0.39, 0.29) is 5.78 Å². The summed E-state index contributed by atoms with van der Waals surface area (Å²) in [6, 6.07) is 11.8. The van der Waals surface area contributed by atoms with E-state index in [0.29, 0.717) is 39.4 Å². The van der Waals surface area contributed by atoms with Crippen molar-refractivity contribution in [2.45, 2.75) is 13.8 Å². The summed E-state index contributed by atoms with van der Waals surface area (Å²) in [5, 5.41) is 0.854. The van der Waals surface area contributed by atoms with Crippen molar-refractivity contribution >= 4 is 40.6 Å². The number of aliphatic imine (C=N–C) groups is 1. The van der Waals surface area contributed by atoms with Gasteiger partial charge in [0.05, 0.1) is 17.3 Å². The summed E-state index contributed by atoms with van der Waals surface area (Å²) >= 11 is 12.1. The molecule has 2 aromatic carbocycles. The molecule has 0 amide bonds. The summed E-state index contributed by atoms with van der Waals surface area (Å²) in [7, 11) is 0. The summed E-state index contributed by atoms with van der Waals surface area (Å²) in [6.07, 6.45) is 0. The van der Waals surface area contributed by atoms with E-state index < -0.39 is 0 Å². The Bertz CT molecular complexity index is 726. The van der Waals surface area contributed by atoms with Crippen LogP contribution in [0.1, 0.15) is 29.8 Å². The largest absolute Gasteiger partial charge is 0.481 e. The summed E-state index contributed by atoms with van der Waals surface area (Å²) in [6.45, 7) is 4.12. The smallest absolute Gasteiger partial charge is 0.196 e. The predicted octanol–water partition coefficient (Wildman–Crippen LogP) is 5.31.